The normalized spacial score (nSPS) is 23.2. The molecule has 1 saturated heterocycles. The summed E-state index contributed by atoms with van der Waals surface area (Å²) in [6, 6.07) is 4.61. The minimum atomic E-state index is 0.175. The predicted octanol–water partition coefficient (Wildman–Crippen LogP) is 4.01. The maximum absolute atomic E-state index is 6.39. The van der Waals surface area contributed by atoms with Gasteiger partial charge >= 0.3 is 0 Å². The Labute approximate surface area is 129 Å². The largest absolute Gasteiger partial charge is 0.326 e. The quantitative estimate of drug-likeness (QED) is 0.909. The third-order valence-corrected chi connectivity index (χ3v) is 6.21. The van der Waals surface area contributed by atoms with Gasteiger partial charge in [-0.25, -0.2) is 0 Å². The van der Waals surface area contributed by atoms with Crippen LogP contribution < -0.4 is 5.73 Å². The zero-order valence-corrected chi connectivity index (χ0v) is 14.2. The number of thioether (sulfide) groups is 1. The van der Waals surface area contributed by atoms with E-state index in [-0.39, 0.29) is 6.04 Å². The van der Waals surface area contributed by atoms with E-state index in [9.17, 15) is 0 Å². The summed E-state index contributed by atoms with van der Waals surface area (Å²) in [7, 11) is 0. The Kier molecular flexibility index (Phi) is 5.23. The van der Waals surface area contributed by atoms with Crippen LogP contribution in [0.4, 0.5) is 0 Å². The van der Waals surface area contributed by atoms with Crippen molar-refractivity contribution < 1.29 is 0 Å². The Morgan fingerprint density at radius 1 is 1.47 bits per heavy atom. The van der Waals surface area contributed by atoms with Crippen LogP contribution in [-0.2, 0) is 0 Å². The lowest BCUT2D eigenvalue weighted by Gasteiger charge is -2.43. The highest BCUT2D eigenvalue weighted by Gasteiger charge is 2.34. The van der Waals surface area contributed by atoms with Crippen molar-refractivity contribution in [3.63, 3.8) is 0 Å². The molecular formula is C14H23ClN2S2. The number of hydrogen-bond donors (Lipinski definition) is 1. The topological polar surface area (TPSA) is 29.3 Å². The number of nitrogens with two attached hydrogens (primary N) is 1. The molecule has 19 heavy (non-hydrogen) atoms. The van der Waals surface area contributed by atoms with Gasteiger partial charge in [0.2, 0.25) is 0 Å². The molecule has 1 aromatic heterocycles. The second-order valence-corrected chi connectivity index (χ2v) is 9.29. The van der Waals surface area contributed by atoms with E-state index >= 15 is 0 Å². The van der Waals surface area contributed by atoms with Crippen molar-refractivity contribution in [2.24, 2.45) is 5.73 Å². The summed E-state index contributed by atoms with van der Waals surface area (Å²) in [6.45, 7) is 9.00. The molecule has 1 aromatic rings. The molecule has 0 bridgehead atoms. The van der Waals surface area contributed by atoms with E-state index in [1.165, 1.54) is 10.6 Å². The Hall–Kier alpha value is 0.260. The van der Waals surface area contributed by atoms with Crippen molar-refractivity contribution in [3.05, 3.63) is 21.3 Å². The molecule has 2 unspecified atom stereocenters. The lowest BCUT2D eigenvalue weighted by atomic mass is 10.0. The second kappa shape index (κ2) is 6.35. The van der Waals surface area contributed by atoms with Gasteiger partial charge in [-0.3, -0.25) is 4.90 Å². The Balaban J connectivity index is 2.22. The van der Waals surface area contributed by atoms with E-state index < -0.39 is 0 Å². The molecule has 0 amide bonds. The Morgan fingerprint density at radius 3 is 2.74 bits per heavy atom. The zero-order chi connectivity index (χ0) is 14.0. The standard InChI is InChI=1S/C14H23ClN2S2/c1-4-10(16)13(11-5-6-12(15)19-11)17-7-8-18-14(2,3)9-17/h5-6,10,13H,4,7-9,16H2,1-3H3. The number of thiophene rings is 1. The summed E-state index contributed by atoms with van der Waals surface area (Å²) in [5.74, 6) is 1.18. The summed E-state index contributed by atoms with van der Waals surface area (Å²) in [6.07, 6.45) is 0.990. The van der Waals surface area contributed by atoms with Crippen LogP contribution in [0.3, 0.4) is 0 Å². The van der Waals surface area contributed by atoms with Gasteiger partial charge in [0.1, 0.15) is 0 Å². The molecule has 2 atom stereocenters. The van der Waals surface area contributed by atoms with Crippen LogP contribution >= 0.6 is 34.7 Å². The van der Waals surface area contributed by atoms with Crippen LogP contribution in [0.1, 0.15) is 38.1 Å². The summed E-state index contributed by atoms with van der Waals surface area (Å²) >= 11 is 9.83. The third kappa shape index (κ3) is 3.88. The smallest absolute Gasteiger partial charge is 0.0931 e. The monoisotopic (exact) mass is 318 g/mol. The summed E-state index contributed by atoms with van der Waals surface area (Å²) in [5, 5.41) is 0. The molecule has 1 aliphatic heterocycles. The highest BCUT2D eigenvalue weighted by atomic mass is 35.5. The van der Waals surface area contributed by atoms with E-state index in [0.717, 1.165) is 23.8 Å². The number of halogens is 1. The van der Waals surface area contributed by atoms with Gasteiger partial charge in [0, 0.05) is 34.5 Å². The SMILES string of the molecule is CCC(N)C(c1ccc(Cl)s1)N1CCSC(C)(C)C1. The summed E-state index contributed by atoms with van der Waals surface area (Å²) in [4.78, 5) is 3.86. The van der Waals surface area contributed by atoms with Crippen LogP contribution in [0.5, 0.6) is 0 Å². The predicted molar refractivity (Wildman–Crippen MR) is 88.4 cm³/mol. The summed E-state index contributed by atoms with van der Waals surface area (Å²) < 4.78 is 1.17. The molecule has 0 aliphatic carbocycles. The van der Waals surface area contributed by atoms with Gasteiger partial charge in [-0.2, -0.15) is 11.8 Å². The van der Waals surface area contributed by atoms with Gasteiger partial charge in [0.05, 0.1) is 10.4 Å². The zero-order valence-electron chi connectivity index (χ0n) is 11.9. The first-order chi connectivity index (χ1) is 8.93. The molecule has 0 radical (unpaired) electrons. The Morgan fingerprint density at radius 2 is 2.21 bits per heavy atom. The first kappa shape index (κ1) is 15.6. The lowest BCUT2D eigenvalue weighted by Crippen LogP contribution is -2.49. The Bertz CT molecular complexity index is 419. The summed E-state index contributed by atoms with van der Waals surface area (Å²) in [5.41, 5.74) is 6.39. The molecule has 1 fully saturated rings. The average Bonchev–Trinajstić information content (AvgIpc) is 2.74. The maximum atomic E-state index is 6.39. The molecule has 5 heteroatoms. The minimum absolute atomic E-state index is 0.175. The third-order valence-electron chi connectivity index (χ3n) is 3.61. The lowest BCUT2D eigenvalue weighted by molar-refractivity contribution is 0.164. The van der Waals surface area contributed by atoms with Gasteiger partial charge in [-0.05, 0) is 32.4 Å². The highest BCUT2D eigenvalue weighted by Crippen LogP contribution is 2.38. The van der Waals surface area contributed by atoms with Crippen molar-refractivity contribution in [2.75, 3.05) is 18.8 Å². The fourth-order valence-electron chi connectivity index (χ4n) is 2.66. The maximum Gasteiger partial charge on any atom is 0.0931 e. The minimum Gasteiger partial charge on any atom is -0.326 e. The van der Waals surface area contributed by atoms with E-state index in [2.05, 4.69) is 43.5 Å². The van der Waals surface area contributed by atoms with Gasteiger partial charge in [-0.1, -0.05) is 18.5 Å². The van der Waals surface area contributed by atoms with Gasteiger partial charge in [-0.15, -0.1) is 11.3 Å². The molecule has 108 valence electrons. The molecule has 2 N–H and O–H groups in total. The van der Waals surface area contributed by atoms with Gasteiger partial charge in [0.15, 0.2) is 0 Å². The van der Waals surface area contributed by atoms with E-state index in [1.807, 2.05) is 6.07 Å². The molecule has 1 aliphatic rings. The van der Waals surface area contributed by atoms with Crippen molar-refractivity contribution in [3.8, 4) is 0 Å². The van der Waals surface area contributed by atoms with Crippen LogP contribution in [0.2, 0.25) is 4.34 Å². The second-order valence-electron chi connectivity index (χ2n) is 5.74. The van der Waals surface area contributed by atoms with Crippen LogP contribution in [-0.4, -0.2) is 34.5 Å². The molecular weight excluding hydrogens is 296 g/mol. The van der Waals surface area contributed by atoms with Crippen molar-refractivity contribution in [1.29, 1.82) is 0 Å². The van der Waals surface area contributed by atoms with E-state index in [1.54, 1.807) is 11.3 Å². The molecule has 0 saturated carbocycles. The van der Waals surface area contributed by atoms with Crippen molar-refractivity contribution >= 4 is 34.7 Å². The average molecular weight is 319 g/mol. The van der Waals surface area contributed by atoms with E-state index in [0.29, 0.717) is 10.8 Å². The highest BCUT2D eigenvalue weighted by molar-refractivity contribution is 8.00. The fourth-order valence-corrected chi connectivity index (χ4v) is 5.07. The van der Waals surface area contributed by atoms with E-state index in [4.69, 9.17) is 17.3 Å². The molecule has 0 spiro atoms. The molecule has 2 rings (SSSR count). The van der Waals surface area contributed by atoms with Crippen LogP contribution in [0.15, 0.2) is 12.1 Å². The fraction of sp³-hybridized carbons (Fsp3) is 0.714. The number of hydrogen-bond acceptors (Lipinski definition) is 4. The van der Waals surface area contributed by atoms with Crippen LogP contribution in [0, 0.1) is 0 Å². The molecule has 2 nitrogen and oxygen atoms in total. The van der Waals surface area contributed by atoms with Crippen molar-refractivity contribution in [1.82, 2.24) is 4.90 Å². The van der Waals surface area contributed by atoms with Crippen LogP contribution in [0.25, 0.3) is 0 Å². The number of rotatable bonds is 4. The first-order valence-electron chi connectivity index (χ1n) is 6.82. The molecule has 2 heterocycles. The molecule has 0 aromatic carbocycles. The number of nitrogens with zero attached hydrogens (tertiary/aromatic N) is 1. The van der Waals surface area contributed by atoms with Gasteiger partial charge in [0.25, 0.3) is 0 Å². The van der Waals surface area contributed by atoms with Crippen molar-refractivity contribution in [2.45, 2.75) is 44.0 Å². The van der Waals surface area contributed by atoms with Gasteiger partial charge < -0.3 is 5.73 Å². The first-order valence-corrected chi connectivity index (χ1v) is 9.00.